The van der Waals surface area contributed by atoms with E-state index in [1.54, 1.807) is 12.1 Å². The molecule has 0 amide bonds. The van der Waals surface area contributed by atoms with Gasteiger partial charge in [0, 0.05) is 16.7 Å². The van der Waals surface area contributed by atoms with E-state index in [-0.39, 0.29) is 0 Å². The Morgan fingerprint density at radius 1 is 1.28 bits per heavy atom. The van der Waals surface area contributed by atoms with Gasteiger partial charge in [0.15, 0.2) is 0 Å². The van der Waals surface area contributed by atoms with Crippen LogP contribution < -0.4 is 5.73 Å². The van der Waals surface area contributed by atoms with Crippen molar-refractivity contribution in [1.82, 2.24) is 4.98 Å². The van der Waals surface area contributed by atoms with Crippen molar-refractivity contribution >= 4 is 12.6 Å². The Morgan fingerprint density at radius 3 is 2.67 bits per heavy atom. The predicted octanol–water partition coefficient (Wildman–Crippen LogP) is 2.41. The van der Waals surface area contributed by atoms with Crippen LogP contribution in [0.2, 0.25) is 0 Å². The van der Waals surface area contributed by atoms with Crippen molar-refractivity contribution in [2.75, 3.05) is 6.54 Å². The van der Waals surface area contributed by atoms with E-state index in [0.29, 0.717) is 12.1 Å². The van der Waals surface area contributed by atoms with Gasteiger partial charge in [-0.2, -0.15) is 5.26 Å². The number of nitriles is 1. The summed E-state index contributed by atoms with van der Waals surface area (Å²) < 4.78 is 0. The van der Waals surface area contributed by atoms with Gasteiger partial charge in [0.25, 0.3) is 0 Å². The normalized spacial score (nSPS) is 10.1. The van der Waals surface area contributed by atoms with E-state index in [2.05, 4.69) is 23.7 Å². The molecule has 0 bridgehead atoms. The summed E-state index contributed by atoms with van der Waals surface area (Å²) in [6.07, 6.45) is 2.65. The first-order valence-electron chi connectivity index (χ1n) is 5.63. The number of aromatic nitrogens is 1. The second-order valence-electron chi connectivity index (χ2n) is 3.93. The average Bonchev–Trinajstić information content (AvgIpc) is 2.40. The molecule has 4 heteroatoms. The van der Waals surface area contributed by atoms with Gasteiger partial charge >= 0.3 is 0 Å². The number of pyridine rings is 1. The van der Waals surface area contributed by atoms with Crippen molar-refractivity contribution in [1.29, 1.82) is 5.26 Å². The first kappa shape index (κ1) is 12.6. The molecule has 0 spiro atoms. The van der Waals surface area contributed by atoms with Crippen LogP contribution in [-0.2, 0) is 6.42 Å². The fourth-order valence-corrected chi connectivity index (χ4v) is 2.04. The maximum atomic E-state index is 8.81. The molecule has 1 aromatic heterocycles. The third-order valence-corrected chi connectivity index (χ3v) is 3.03. The summed E-state index contributed by atoms with van der Waals surface area (Å²) in [5, 5.41) is 8.81. The summed E-state index contributed by atoms with van der Waals surface area (Å²) >= 11 is 4.39. The molecule has 0 aliphatic carbocycles. The van der Waals surface area contributed by atoms with Crippen LogP contribution >= 0.6 is 12.6 Å². The van der Waals surface area contributed by atoms with E-state index >= 15 is 0 Å². The summed E-state index contributed by atoms with van der Waals surface area (Å²) in [5.74, 6) is 0. The first-order valence-corrected chi connectivity index (χ1v) is 6.08. The zero-order valence-corrected chi connectivity index (χ0v) is 10.7. The maximum absolute atomic E-state index is 8.81. The summed E-state index contributed by atoms with van der Waals surface area (Å²) in [7, 11) is 0. The van der Waals surface area contributed by atoms with Crippen LogP contribution in [0.4, 0.5) is 0 Å². The van der Waals surface area contributed by atoms with Crippen LogP contribution in [0.15, 0.2) is 41.4 Å². The van der Waals surface area contributed by atoms with Gasteiger partial charge in [-0.15, -0.1) is 12.6 Å². The van der Waals surface area contributed by atoms with Gasteiger partial charge in [0.2, 0.25) is 0 Å². The van der Waals surface area contributed by atoms with Crippen molar-refractivity contribution in [3.8, 4) is 17.3 Å². The molecule has 90 valence electrons. The highest BCUT2D eigenvalue weighted by atomic mass is 32.1. The van der Waals surface area contributed by atoms with Crippen LogP contribution in [0.3, 0.4) is 0 Å². The molecular formula is C14H13N3S. The van der Waals surface area contributed by atoms with Crippen molar-refractivity contribution in [3.05, 3.63) is 47.7 Å². The zero-order chi connectivity index (χ0) is 13.0. The van der Waals surface area contributed by atoms with E-state index < -0.39 is 0 Å². The van der Waals surface area contributed by atoms with E-state index in [1.807, 2.05) is 24.4 Å². The topological polar surface area (TPSA) is 62.7 Å². The van der Waals surface area contributed by atoms with Crippen molar-refractivity contribution in [3.63, 3.8) is 0 Å². The Labute approximate surface area is 112 Å². The SMILES string of the molecule is N#Cc1ccc(-c2ccc(CCN)cn2)c(S)c1. The number of thiol groups is 1. The maximum Gasteiger partial charge on any atom is 0.0992 e. The second-order valence-corrected chi connectivity index (χ2v) is 4.42. The highest BCUT2D eigenvalue weighted by molar-refractivity contribution is 7.80. The number of nitrogens with zero attached hydrogens (tertiary/aromatic N) is 2. The molecule has 2 N–H and O–H groups in total. The molecule has 0 aliphatic rings. The third kappa shape index (κ3) is 2.70. The molecule has 1 heterocycles. The van der Waals surface area contributed by atoms with Crippen LogP contribution in [-0.4, -0.2) is 11.5 Å². The number of benzene rings is 1. The van der Waals surface area contributed by atoms with Gasteiger partial charge in [-0.05, 0) is 36.7 Å². The molecule has 1 aromatic carbocycles. The lowest BCUT2D eigenvalue weighted by Gasteiger charge is -2.06. The lowest BCUT2D eigenvalue weighted by atomic mass is 10.1. The second kappa shape index (κ2) is 5.67. The van der Waals surface area contributed by atoms with Crippen LogP contribution in [0, 0.1) is 11.3 Å². The molecule has 2 rings (SSSR count). The standard InChI is InChI=1S/C14H13N3S/c15-6-5-10-2-4-13(17-9-10)12-3-1-11(8-16)7-14(12)18/h1-4,7,9,18H,5-6,15H2. The van der Waals surface area contributed by atoms with Gasteiger partial charge in [0.05, 0.1) is 17.3 Å². The quantitative estimate of drug-likeness (QED) is 0.828. The van der Waals surface area contributed by atoms with Gasteiger partial charge in [-0.25, -0.2) is 0 Å². The highest BCUT2D eigenvalue weighted by Crippen LogP contribution is 2.25. The van der Waals surface area contributed by atoms with Gasteiger partial charge < -0.3 is 5.73 Å². The molecule has 0 aliphatic heterocycles. The minimum absolute atomic E-state index is 0.600. The van der Waals surface area contributed by atoms with Crippen LogP contribution in [0.5, 0.6) is 0 Å². The summed E-state index contributed by atoms with van der Waals surface area (Å²) in [5.41, 5.74) is 9.00. The van der Waals surface area contributed by atoms with Crippen LogP contribution in [0.25, 0.3) is 11.3 Å². The fraction of sp³-hybridized carbons (Fsp3) is 0.143. The monoisotopic (exact) mass is 255 g/mol. The molecular weight excluding hydrogens is 242 g/mol. The zero-order valence-electron chi connectivity index (χ0n) is 9.80. The Bertz CT molecular complexity index is 585. The average molecular weight is 255 g/mol. The minimum atomic E-state index is 0.600. The van der Waals surface area contributed by atoms with Crippen molar-refractivity contribution in [2.45, 2.75) is 11.3 Å². The van der Waals surface area contributed by atoms with Crippen LogP contribution in [0.1, 0.15) is 11.1 Å². The lowest BCUT2D eigenvalue weighted by molar-refractivity contribution is 0.959. The summed E-state index contributed by atoms with van der Waals surface area (Å²) in [6.45, 7) is 0.621. The number of hydrogen-bond donors (Lipinski definition) is 2. The Morgan fingerprint density at radius 2 is 2.11 bits per heavy atom. The number of nitrogens with two attached hydrogens (primary N) is 1. The van der Waals surface area contributed by atoms with E-state index in [1.165, 1.54) is 0 Å². The van der Waals surface area contributed by atoms with Gasteiger partial charge in [-0.3, -0.25) is 4.98 Å². The molecule has 18 heavy (non-hydrogen) atoms. The Kier molecular flexibility index (Phi) is 3.98. The van der Waals surface area contributed by atoms with Crippen molar-refractivity contribution < 1.29 is 0 Å². The summed E-state index contributed by atoms with van der Waals surface area (Å²) in [4.78, 5) is 5.15. The molecule has 0 atom stereocenters. The molecule has 2 aromatic rings. The number of rotatable bonds is 3. The minimum Gasteiger partial charge on any atom is -0.330 e. The fourth-order valence-electron chi connectivity index (χ4n) is 1.72. The Balaban J connectivity index is 2.34. The molecule has 0 unspecified atom stereocenters. The molecule has 0 saturated carbocycles. The van der Waals surface area contributed by atoms with Gasteiger partial charge in [-0.1, -0.05) is 12.1 Å². The number of hydrogen-bond acceptors (Lipinski definition) is 4. The Hall–Kier alpha value is -1.83. The van der Waals surface area contributed by atoms with Gasteiger partial charge in [0.1, 0.15) is 0 Å². The molecule has 0 fully saturated rings. The molecule has 0 saturated heterocycles. The van der Waals surface area contributed by atoms with E-state index in [0.717, 1.165) is 28.1 Å². The molecule has 3 nitrogen and oxygen atoms in total. The smallest absolute Gasteiger partial charge is 0.0992 e. The predicted molar refractivity (Wildman–Crippen MR) is 74.4 cm³/mol. The lowest BCUT2D eigenvalue weighted by Crippen LogP contribution is -2.02. The van der Waals surface area contributed by atoms with E-state index in [9.17, 15) is 0 Å². The molecule has 0 radical (unpaired) electrons. The third-order valence-electron chi connectivity index (χ3n) is 2.66. The highest BCUT2D eigenvalue weighted by Gasteiger charge is 2.05. The first-order chi connectivity index (χ1) is 8.74. The van der Waals surface area contributed by atoms with E-state index in [4.69, 9.17) is 11.0 Å². The summed E-state index contributed by atoms with van der Waals surface area (Å²) in [6, 6.07) is 11.4. The largest absolute Gasteiger partial charge is 0.330 e. The van der Waals surface area contributed by atoms with Crippen molar-refractivity contribution in [2.24, 2.45) is 5.73 Å².